The van der Waals surface area contributed by atoms with E-state index in [1.165, 1.54) is 23.7 Å². The Morgan fingerprint density at radius 2 is 2.09 bits per heavy atom. The van der Waals surface area contributed by atoms with Gasteiger partial charge in [0, 0.05) is 6.42 Å². The third-order valence-electron chi connectivity index (χ3n) is 2.99. The minimum atomic E-state index is -1.17. The monoisotopic (exact) mass is 306 g/mol. The predicted molar refractivity (Wildman–Crippen MR) is 75.3 cm³/mol. The van der Waals surface area contributed by atoms with Crippen LogP contribution in [0.4, 0.5) is 4.39 Å². The molecule has 116 valence electrons. The van der Waals surface area contributed by atoms with Crippen molar-refractivity contribution in [1.29, 1.82) is 0 Å². The summed E-state index contributed by atoms with van der Waals surface area (Å²) in [6, 6.07) is 4.92. The number of nitrogens with one attached hydrogen (secondary N) is 1. The zero-order valence-corrected chi connectivity index (χ0v) is 12.1. The maximum atomic E-state index is 13.9. The number of para-hydroxylation sites is 1. The Kier molecular flexibility index (Phi) is 4.50. The third kappa shape index (κ3) is 3.11. The van der Waals surface area contributed by atoms with Gasteiger partial charge in [0.25, 0.3) is 5.91 Å². The molecule has 0 aliphatic rings. The van der Waals surface area contributed by atoms with Crippen LogP contribution in [0.5, 0.6) is 0 Å². The fraction of sp³-hybridized carbons (Fsp3) is 0.286. The van der Waals surface area contributed by atoms with Crippen molar-refractivity contribution < 1.29 is 19.1 Å². The van der Waals surface area contributed by atoms with Crippen LogP contribution >= 0.6 is 0 Å². The topological polar surface area (TPSA) is 97.1 Å². The van der Waals surface area contributed by atoms with E-state index in [9.17, 15) is 14.0 Å². The minimum Gasteiger partial charge on any atom is -0.480 e. The van der Waals surface area contributed by atoms with Gasteiger partial charge < -0.3 is 10.4 Å². The van der Waals surface area contributed by atoms with E-state index in [1.807, 2.05) is 0 Å². The molecule has 1 unspecified atom stereocenters. The second kappa shape index (κ2) is 6.33. The molecule has 2 N–H and O–H groups in total. The van der Waals surface area contributed by atoms with Gasteiger partial charge in [-0.15, -0.1) is 5.10 Å². The van der Waals surface area contributed by atoms with Crippen molar-refractivity contribution in [2.45, 2.75) is 26.3 Å². The molecule has 0 aliphatic carbocycles. The largest absolute Gasteiger partial charge is 0.480 e. The van der Waals surface area contributed by atoms with Crippen LogP contribution in [-0.2, 0) is 11.2 Å². The van der Waals surface area contributed by atoms with Gasteiger partial charge in [0.2, 0.25) is 5.82 Å². The number of aliphatic carboxylic acids is 1. The number of aromatic nitrogens is 3. The molecule has 0 saturated carbocycles. The van der Waals surface area contributed by atoms with Gasteiger partial charge in [0.1, 0.15) is 23.4 Å². The number of halogens is 1. The van der Waals surface area contributed by atoms with Crippen LogP contribution in [0.2, 0.25) is 0 Å². The van der Waals surface area contributed by atoms with Crippen LogP contribution in [0.1, 0.15) is 30.3 Å². The average molecular weight is 306 g/mol. The molecule has 7 nitrogen and oxygen atoms in total. The van der Waals surface area contributed by atoms with Crippen molar-refractivity contribution in [3.63, 3.8) is 0 Å². The molecule has 1 aromatic heterocycles. The SMILES string of the molecule is CCc1nc(C(=O)NC(C)C(=O)O)nn1-c1ccccc1F. The third-order valence-corrected chi connectivity index (χ3v) is 2.99. The molecule has 0 aliphatic heterocycles. The summed E-state index contributed by atoms with van der Waals surface area (Å²) < 4.78 is 15.1. The molecule has 0 fully saturated rings. The molecule has 2 aromatic rings. The highest BCUT2D eigenvalue weighted by molar-refractivity contribution is 5.93. The Morgan fingerprint density at radius 3 is 2.68 bits per heavy atom. The lowest BCUT2D eigenvalue weighted by Gasteiger charge is -2.06. The lowest BCUT2D eigenvalue weighted by atomic mass is 10.3. The van der Waals surface area contributed by atoms with Crippen LogP contribution in [0.3, 0.4) is 0 Å². The summed E-state index contributed by atoms with van der Waals surface area (Å²) in [5.74, 6) is -2.18. The summed E-state index contributed by atoms with van der Waals surface area (Å²) >= 11 is 0. The van der Waals surface area contributed by atoms with Gasteiger partial charge in [-0.25, -0.2) is 14.1 Å². The number of carboxylic acid groups (broad SMARTS) is 1. The van der Waals surface area contributed by atoms with Crippen LogP contribution < -0.4 is 5.32 Å². The molecule has 1 heterocycles. The quantitative estimate of drug-likeness (QED) is 0.864. The summed E-state index contributed by atoms with van der Waals surface area (Å²) in [4.78, 5) is 26.7. The van der Waals surface area contributed by atoms with Crippen molar-refractivity contribution in [1.82, 2.24) is 20.1 Å². The number of hydrogen-bond donors (Lipinski definition) is 2. The van der Waals surface area contributed by atoms with Crippen LogP contribution in [0.15, 0.2) is 24.3 Å². The molecule has 8 heteroatoms. The molecular formula is C14H15FN4O3. The average Bonchev–Trinajstić information content (AvgIpc) is 2.91. The molecule has 2 rings (SSSR count). The molecule has 1 amide bonds. The number of aryl methyl sites for hydroxylation is 1. The maximum absolute atomic E-state index is 13.9. The lowest BCUT2D eigenvalue weighted by Crippen LogP contribution is -2.38. The van der Waals surface area contributed by atoms with Gasteiger partial charge in [-0.3, -0.25) is 9.59 Å². The second-order valence-electron chi connectivity index (χ2n) is 4.60. The predicted octanol–water partition coefficient (Wildman–Crippen LogP) is 1.17. The smallest absolute Gasteiger partial charge is 0.325 e. The first-order valence-corrected chi connectivity index (χ1v) is 6.68. The van der Waals surface area contributed by atoms with E-state index in [0.29, 0.717) is 12.2 Å². The van der Waals surface area contributed by atoms with Crippen molar-refractivity contribution in [2.24, 2.45) is 0 Å². The lowest BCUT2D eigenvalue weighted by molar-refractivity contribution is -0.138. The van der Waals surface area contributed by atoms with E-state index >= 15 is 0 Å². The summed E-state index contributed by atoms with van der Waals surface area (Å²) in [5, 5.41) is 15.0. The number of carbonyl (C=O) groups is 2. The molecule has 1 aromatic carbocycles. The van der Waals surface area contributed by atoms with E-state index in [0.717, 1.165) is 0 Å². The number of benzene rings is 1. The Morgan fingerprint density at radius 1 is 1.41 bits per heavy atom. The number of nitrogens with zero attached hydrogens (tertiary/aromatic N) is 3. The fourth-order valence-corrected chi connectivity index (χ4v) is 1.81. The summed E-state index contributed by atoms with van der Waals surface area (Å²) in [5.41, 5.74) is 0.178. The van der Waals surface area contributed by atoms with E-state index in [-0.39, 0.29) is 11.5 Å². The number of hydrogen-bond acceptors (Lipinski definition) is 4. The normalized spacial score (nSPS) is 12.0. The fourth-order valence-electron chi connectivity index (χ4n) is 1.81. The van der Waals surface area contributed by atoms with Gasteiger partial charge in [0.05, 0.1) is 0 Å². The molecule has 1 atom stereocenters. The number of carboxylic acids is 1. The van der Waals surface area contributed by atoms with Crippen molar-refractivity contribution >= 4 is 11.9 Å². The molecule has 0 radical (unpaired) electrons. The molecule has 0 saturated heterocycles. The van der Waals surface area contributed by atoms with Gasteiger partial charge in [-0.05, 0) is 19.1 Å². The number of amides is 1. The number of rotatable bonds is 5. The first kappa shape index (κ1) is 15.6. The minimum absolute atomic E-state index is 0.178. The Bertz CT molecular complexity index is 714. The van der Waals surface area contributed by atoms with Crippen molar-refractivity contribution in [2.75, 3.05) is 0 Å². The van der Waals surface area contributed by atoms with E-state index in [2.05, 4.69) is 15.4 Å². The van der Waals surface area contributed by atoms with Gasteiger partial charge >= 0.3 is 5.97 Å². The standard InChI is InChI=1S/C14H15FN4O3/c1-3-11-17-12(13(20)16-8(2)14(21)22)18-19(11)10-7-5-4-6-9(10)15/h4-8H,3H2,1-2H3,(H,16,20)(H,21,22). The zero-order valence-electron chi connectivity index (χ0n) is 12.1. The first-order valence-electron chi connectivity index (χ1n) is 6.68. The maximum Gasteiger partial charge on any atom is 0.325 e. The summed E-state index contributed by atoms with van der Waals surface area (Å²) in [7, 11) is 0. The van der Waals surface area contributed by atoms with Gasteiger partial charge in [-0.1, -0.05) is 19.1 Å². The Hall–Kier alpha value is -2.77. The van der Waals surface area contributed by atoms with Gasteiger partial charge in [0.15, 0.2) is 0 Å². The zero-order chi connectivity index (χ0) is 16.3. The van der Waals surface area contributed by atoms with Crippen molar-refractivity contribution in [3.05, 3.63) is 41.7 Å². The second-order valence-corrected chi connectivity index (χ2v) is 4.60. The van der Waals surface area contributed by atoms with Gasteiger partial charge in [-0.2, -0.15) is 0 Å². The molecule has 22 heavy (non-hydrogen) atoms. The van der Waals surface area contributed by atoms with E-state index in [4.69, 9.17) is 5.11 Å². The van der Waals surface area contributed by atoms with Crippen LogP contribution in [0.25, 0.3) is 5.69 Å². The first-order chi connectivity index (χ1) is 10.4. The molecular weight excluding hydrogens is 291 g/mol. The summed E-state index contributed by atoms with van der Waals surface area (Å²) in [6.07, 6.45) is 0.434. The molecule has 0 bridgehead atoms. The van der Waals surface area contributed by atoms with Crippen molar-refractivity contribution in [3.8, 4) is 5.69 Å². The van der Waals surface area contributed by atoms with E-state index < -0.39 is 23.7 Å². The highest BCUT2D eigenvalue weighted by atomic mass is 19.1. The molecule has 0 spiro atoms. The Balaban J connectivity index is 2.35. The van der Waals surface area contributed by atoms with Crippen LogP contribution in [0, 0.1) is 5.82 Å². The van der Waals surface area contributed by atoms with E-state index in [1.54, 1.807) is 19.1 Å². The number of carbonyl (C=O) groups excluding carboxylic acids is 1. The highest BCUT2D eigenvalue weighted by Crippen LogP contribution is 2.14. The van der Waals surface area contributed by atoms with Crippen LogP contribution in [-0.4, -0.2) is 37.8 Å². The highest BCUT2D eigenvalue weighted by Gasteiger charge is 2.21. The summed E-state index contributed by atoms with van der Waals surface area (Å²) in [6.45, 7) is 3.12. The Labute approximate surface area is 125 Å².